The van der Waals surface area contributed by atoms with Crippen LogP contribution in [0.25, 0.3) is 0 Å². The van der Waals surface area contributed by atoms with E-state index in [1.54, 1.807) is 6.07 Å². The van der Waals surface area contributed by atoms with E-state index >= 15 is 0 Å². The Morgan fingerprint density at radius 2 is 1.97 bits per heavy atom. The molecule has 0 unspecified atom stereocenters. The van der Waals surface area contributed by atoms with Crippen LogP contribution >= 0.6 is 0 Å². The maximum Gasteiger partial charge on any atom is 0.315 e. The second-order valence-corrected chi connectivity index (χ2v) is 9.51. The Bertz CT molecular complexity index is 968. The van der Waals surface area contributed by atoms with Crippen LogP contribution in [0.4, 0.5) is 10.5 Å². The molecule has 1 fully saturated rings. The molecular formula is C25H34N4O3. The quantitative estimate of drug-likeness (QED) is 0.408. The Morgan fingerprint density at radius 1 is 1.19 bits per heavy atom. The molecule has 0 aliphatic carbocycles. The van der Waals surface area contributed by atoms with Gasteiger partial charge in [-0.25, -0.2) is 4.79 Å². The highest BCUT2D eigenvalue weighted by Crippen LogP contribution is 2.27. The number of aromatic hydroxyl groups is 1. The van der Waals surface area contributed by atoms with E-state index in [4.69, 9.17) is 0 Å². The zero-order valence-corrected chi connectivity index (χ0v) is 19.3. The fraction of sp³-hybridized carbons (Fsp3) is 0.440. The number of carbonyl (C=O) groups is 2. The summed E-state index contributed by atoms with van der Waals surface area (Å²) in [5.41, 5.74) is 4.24. The number of phenols is 1. The second-order valence-electron chi connectivity index (χ2n) is 9.51. The molecular weight excluding hydrogens is 404 g/mol. The van der Waals surface area contributed by atoms with Gasteiger partial charge in [0.25, 0.3) is 0 Å². The predicted molar refractivity (Wildman–Crippen MR) is 127 cm³/mol. The third-order valence-corrected chi connectivity index (χ3v) is 5.68. The van der Waals surface area contributed by atoms with Crippen LogP contribution in [0.2, 0.25) is 0 Å². The molecule has 2 aromatic carbocycles. The molecule has 5 N–H and O–H groups in total. The lowest BCUT2D eigenvalue weighted by Crippen LogP contribution is -2.46. The average Bonchev–Trinajstić information content (AvgIpc) is 3.18. The number of nitrogens with one attached hydrogen (secondary N) is 4. The number of hydrogen-bond acceptors (Lipinski definition) is 4. The van der Waals surface area contributed by atoms with Crippen LogP contribution in [-0.2, 0) is 23.2 Å². The van der Waals surface area contributed by atoms with E-state index in [-0.39, 0.29) is 29.1 Å². The number of hydrogen-bond donors (Lipinski definition) is 5. The summed E-state index contributed by atoms with van der Waals surface area (Å²) in [4.78, 5) is 23.3. The van der Waals surface area contributed by atoms with Crippen molar-refractivity contribution in [2.75, 3.05) is 11.9 Å². The van der Waals surface area contributed by atoms with Gasteiger partial charge in [-0.15, -0.1) is 0 Å². The number of benzene rings is 2. The van der Waals surface area contributed by atoms with Crippen LogP contribution in [0, 0.1) is 0 Å². The highest BCUT2D eigenvalue weighted by Gasteiger charge is 2.27. The lowest BCUT2D eigenvalue weighted by molar-refractivity contribution is -0.123. The first kappa shape index (κ1) is 23.4. The number of amides is 3. The fourth-order valence-electron chi connectivity index (χ4n) is 3.64. The molecule has 7 nitrogen and oxygen atoms in total. The van der Waals surface area contributed by atoms with Crippen molar-refractivity contribution in [2.24, 2.45) is 0 Å². The summed E-state index contributed by atoms with van der Waals surface area (Å²) in [5.74, 6) is 0.0275. The minimum atomic E-state index is -0.525. The average molecular weight is 439 g/mol. The normalized spacial score (nSPS) is 16.8. The van der Waals surface area contributed by atoms with Gasteiger partial charge in [0.05, 0.1) is 5.69 Å². The summed E-state index contributed by atoms with van der Waals surface area (Å²) in [6.07, 6.45) is 1.45. The molecule has 0 spiro atoms. The lowest BCUT2D eigenvalue weighted by atomic mass is 9.86. The topological polar surface area (TPSA) is 102 Å². The zero-order valence-electron chi connectivity index (χ0n) is 19.3. The van der Waals surface area contributed by atoms with Crippen molar-refractivity contribution in [2.45, 2.75) is 64.6 Å². The minimum Gasteiger partial charge on any atom is -0.506 e. The minimum absolute atomic E-state index is 0.0463. The molecule has 0 saturated carbocycles. The van der Waals surface area contributed by atoms with E-state index in [0.717, 1.165) is 18.4 Å². The first-order valence-corrected chi connectivity index (χ1v) is 11.1. The summed E-state index contributed by atoms with van der Waals surface area (Å²) in [5, 5.41) is 21.8. The Kier molecular flexibility index (Phi) is 7.28. The summed E-state index contributed by atoms with van der Waals surface area (Å²) in [6, 6.07) is 13.2. The van der Waals surface area contributed by atoms with Gasteiger partial charge in [-0.1, -0.05) is 51.1 Å². The van der Waals surface area contributed by atoms with Crippen molar-refractivity contribution in [3.05, 3.63) is 59.2 Å². The Labute approximate surface area is 190 Å². The molecule has 0 bridgehead atoms. The second kappa shape index (κ2) is 9.94. The summed E-state index contributed by atoms with van der Waals surface area (Å²) in [7, 11) is 0. The lowest BCUT2D eigenvalue weighted by Gasteiger charge is -2.20. The fourth-order valence-corrected chi connectivity index (χ4v) is 3.64. The van der Waals surface area contributed by atoms with Gasteiger partial charge in [0.1, 0.15) is 11.8 Å². The first-order valence-electron chi connectivity index (χ1n) is 11.1. The van der Waals surface area contributed by atoms with E-state index in [9.17, 15) is 14.7 Å². The number of carbonyl (C=O) groups excluding carboxylic acids is 2. The van der Waals surface area contributed by atoms with Crippen LogP contribution < -0.4 is 21.3 Å². The third-order valence-electron chi connectivity index (χ3n) is 5.68. The Hall–Kier alpha value is -3.22. The smallest absolute Gasteiger partial charge is 0.315 e. The van der Waals surface area contributed by atoms with Crippen molar-refractivity contribution >= 4 is 17.6 Å². The molecule has 0 aromatic heterocycles. The third kappa shape index (κ3) is 6.39. The van der Waals surface area contributed by atoms with Crippen molar-refractivity contribution in [3.8, 4) is 5.75 Å². The number of urea groups is 1. The van der Waals surface area contributed by atoms with Crippen LogP contribution in [0.1, 0.15) is 50.8 Å². The van der Waals surface area contributed by atoms with Gasteiger partial charge < -0.3 is 26.4 Å². The molecule has 0 radical (unpaired) electrons. The molecule has 7 heteroatoms. The summed E-state index contributed by atoms with van der Waals surface area (Å²) >= 11 is 0. The van der Waals surface area contributed by atoms with E-state index < -0.39 is 6.04 Å². The molecule has 1 saturated heterocycles. The van der Waals surface area contributed by atoms with Gasteiger partial charge in [0, 0.05) is 19.1 Å². The zero-order chi connectivity index (χ0) is 23.3. The van der Waals surface area contributed by atoms with Gasteiger partial charge in [0.2, 0.25) is 5.91 Å². The monoisotopic (exact) mass is 438 g/mol. The first-order chi connectivity index (χ1) is 15.1. The SMILES string of the molecule is C[C@@H](CCc1ccc(NCc2cccc(C(C)(C)C)c2)c(O)c1)NC(=O)[C@@H]1CNC(=O)N1. The van der Waals surface area contributed by atoms with Gasteiger partial charge in [-0.05, 0) is 54.0 Å². The Balaban J connectivity index is 1.49. The summed E-state index contributed by atoms with van der Waals surface area (Å²) < 4.78 is 0. The van der Waals surface area contributed by atoms with Crippen molar-refractivity contribution < 1.29 is 14.7 Å². The van der Waals surface area contributed by atoms with E-state index in [0.29, 0.717) is 18.8 Å². The maximum atomic E-state index is 12.2. The molecule has 2 atom stereocenters. The molecule has 2 aromatic rings. The number of rotatable bonds is 8. The molecule has 32 heavy (non-hydrogen) atoms. The highest BCUT2D eigenvalue weighted by atomic mass is 16.3. The van der Waals surface area contributed by atoms with Crippen molar-refractivity contribution in [1.29, 1.82) is 0 Å². The van der Waals surface area contributed by atoms with Gasteiger partial charge in [-0.2, -0.15) is 0 Å². The molecule has 3 amide bonds. The number of aryl methyl sites for hydroxylation is 1. The molecule has 1 heterocycles. The molecule has 3 rings (SSSR count). The summed E-state index contributed by atoms with van der Waals surface area (Å²) in [6.45, 7) is 9.46. The van der Waals surface area contributed by atoms with E-state index in [1.807, 2.05) is 19.1 Å². The van der Waals surface area contributed by atoms with Gasteiger partial charge in [-0.3, -0.25) is 4.79 Å². The van der Waals surface area contributed by atoms with Crippen molar-refractivity contribution in [1.82, 2.24) is 16.0 Å². The Morgan fingerprint density at radius 3 is 2.62 bits per heavy atom. The van der Waals surface area contributed by atoms with E-state index in [2.05, 4.69) is 66.3 Å². The molecule has 1 aliphatic rings. The van der Waals surface area contributed by atoms with Crippen LogP contribution in [0.5, 0.6) is 5.75 Å². The van der Waals surface area contributed by atoms with Crippen LogP contribution in [0.3, 0.4) is 0 Å². The molecule has 172 valence electrons. The van der Waals surface area contributed by atoms with Crippen LogP contribution in [0.15, 0.2) is 42.5 Å². The largest absolute Gasteiger partial charge is 0.506 e. The standard InChI is InChI=1S/C25H34N4O3/c1-16(28-23(31)21-15-27-24(32)29-21)8-9-17-10-11-20(22(30)13-17)26-14-18-6-5-7-19(12-18)25(2,3)4/h5-7,10-13,16,21,26,30H,8-9,14-15H2,1-4H3,(H,28,31)(H2,27,29,32)/t16-,21-/m0/s1. The van der Waals surface area contributed by atoms with Crippen molar-refractivity contribution in [3.63, 3.8) is 0 Å². The number of anilines is 1. The maximum absolute atomic E-state index is 12.2. The number of phenolic OH excluding ortho intramolecular Hbond substituents is 1. The van der Waals surface area contributed by atoms with Gasteiger partial charge in [0.15, 0.2) is 0 Å². The van der Waals surface area contributed by atoms with E-state index in [1.165, 1.54) is 11.1 Å². The molecule has 1 aliphatic heterocycles. The predicted octanol–water partition coefficient (Wildman–Crippen LogP) is 3.42. The van der Waals surface area contributed by atoms with Gasteiger partial charge >= 0.3 is 6.03 Å². The van der Waals surface area contributed by atoms with Crippen LogP contribution in [-0.4, -0.2) is 35.7 Å². The highest BCUT2D eigenvalue weighted by molar-refractivity contribution is 5.90.